The Kier molecular flexibility index (Phi) is 6.54. The molecule has 3 aromatic rings. The first-order valence-corrected chi connectivity index (χ1v) is 11.1. The Morgan fingerprint density at radius 2 is 1.55 bits per heavy atom. The molecule has 4 rings (SSSR count). The van der Waals surface area contributed by atoms with E-state index in [0.717, 1.165) is 49.5 Å². The van der Waals surface area contributed by atoms with Crippen LogP contribution in [0.3, 0.4) is 0 Å². The second-order valence-electron chi connectivity index (χ2n) is 8.24. The van der Waals surface area contributed by atoms with E-state index in [-0.39, 0.29) is 17.4 Å². The van der Waals surface area contributed by atoms with Gasteiger partial charge < -0.3 is 14.6 Å². The maximum atomic E-state index is 13.8. The Labute approximate surface area is 184 Å². The SMILES string of the molecule is CCN1CCN([C@@H](c2ccccc2)c2c(O)cc(C)n(Cc3ccccc3)c2=O)CC1. The molecule has 0 bridgehead atoms. The van der Waals surface area contributed by atoms with E-state index in [0.29, 0.717) is 12.1 Å². The van der Waals surface area contributed by atoms with Crippen molar-refractivity contribution in [2.75, 3.05) is 32.7 Å². The number of aryl methyl sites for hydroxylation is 1. The Morgan fingerprint density at radius 1 is 0.935 bits per heavy atom. The van der Waals surface area contributed by atoms with Gasteiger partial charge in [-0.2, -0.15) is 0 Å². The van der Waals surface area contributed by atoms with Crippen molar-refractivity contribution in [3.63, 3.8) is 0 Å². The summed E-state index contributed by atoms with van der Waals surface area (Å²) in [6, 6.07) is 21.5. The van der Waals surface area contributed by atoms with Crippen molar-refractivity contribution in [1.82, 2.24) is 14.4 Å². The summed E-state index contributed by atoms with van der Waals surface area (Å²) in [4.78, 5) is 18.5. The highest BCUT2D eigenvalue weighted by Crippen LogP contribution is 2.33. The molecular weight excluding hydrogens is 386 g/mol. The van der Waals surface area contributed by atoms with E-state index >= 15 is 0 Å². The molecule has 0 unspecified atom stereocenters. The van der Waals surface area contributed by atoms with E-state index in [4.69, 9.17) is 0 Å². The van der Waals surface area contributed by atoms with Crippen LogP contribution in [-0.2, 0) is 6.54 Å². The van der Waals surface area contributed by atoms with Gasteiger partial charge in [0.15, 0.2) is 0 Å². The lowest BCUT2D eigenvalue weighted by Crippen LogP contribution is -2.48. The van der Waals surface area contributed by atoms with Crippen LogP contribution >= 0.6 is 0 Å². The monoisotopic (exact) mass is 417 g/mol. The quantitative estimate of drug-likeness (QED) is 0.665. The van der Waals surface area contributed by atoms with Crippen LogP contribution in [0.2, 0.25) is 0 Å². The standard InChI is InChI=1S/C26H31N3O2/c1-3-27-14-16-28(17-15-27)25(22-12-8-5-9-13-22)24-23(30)18-20(2)29(26(24)31)19-21-10-6-4-7-11-21/h4-13,18,25,30H,3,14-17,19H2,1-2H3/t25-/m0/s1. The molecule has 1 aromatic heterocycles. The van der Waals surface area contributed by atoms with Gasteiger partial charge in [0, 0.05) is 31.9 Å². The number of piperazine rings is 1. The third-order valence-electron chi connectivity index (χ3n) is 6.31. The van der Waals surface area contributed by atoms with Gasteiger partial charge in [-0.3, -0.25) is 9.69 Å². The van der Waals surface area contributed by atoms with Gasteiger partial charge in [-0.1, -0.05) is 67.6 Å². The van der Waals surface area contributed by atoms with Crippen molar-refractivity contribution < 1.29 is 5.11 Å². The third kappa shape index (κ3) is 4.58. The summed E-state index contributed by atoms with van der Waals surface area (Å²) in [5.74, 6) is 0.0820. The topological polar surface area (TPSA) is 48.7 Å². The molecule has 1 N–H and O–H groups in total. The first-order chi connectivity index (χ1) is 15.1. The number of rotatable bonds is 6. The fourth-order valence-electron chi connectivity index (χ4n) is 4.52. The second-order valence-corrected chi connectivity index (χ2v) is 8.24. The maximum absolute atomic E-state index is 13.8. The summed E-state index contributed by atoms with van der Waals surface area (Å²) < 4.78 is 1.78. The summed E-state index contributed by atoms with van der Waals surface area (Å²) in [6.07, 6.45) is 0. The van der Waals surface area contributed by atoms with Crippen molar-refractivity contribution in [2.45, 2.75) is 26.4 Å². The van der Waals surface area contributed by atoms with Gasteiger partial charge in [-0.25, -0.2) is 0 Å². The molecule has 0 spiro atoms. The normalized spacial score (nSPS) is 16.3. The van der Waals surface area contributed by atoms with Gasteiger partial charge in [-0.05, 0) is 30.7 Å². The highest BCUT2D eigenvalue weighted by atomic mass is 16.3. The lowest BCUT2D eigenvalue weighted by atomic mass is 9.96. The average Bonchev–Trinajstić information content (AvgIpc) is 2.81. The van der Waals surface area contributed by atoms with Gasteiger partial charge in [0.2, 0.25) is 0 Å². The van der Waals surface area contributed by atoms with Gasteiger partial charge in [-0.15, -0.1) is 0 Å². The summed E-state index contributed by atoms with van der Waals surface area (Å²) in [6.45, 7) is 9.23. The largest absolute Gasteiger partial charge is 0.507 e. The second kappa shape index (κ2) is 9.50. The number of hydrogen-bond donors (Lipinski definition) is 1. The summed E-state index contributed by atoms with van der Waals surface area (Å²) in [5.41, 5.74) is 3.22. The zero-order valence-electron chi connectivity index (χ0n) is 18.4. The van der Waals surface area contributed by atoms with Crippen molar-refractivity contribution in [1.29, 1.82) is 0 Å². The van der Waals surface area contributed by atoms with Gasteiger partial charge in [0.25, 0.3) is 5.56 Å². The van der Waals surface area contributed by atoms with Crippen LogP contribution in [0.15, 0.2) is 71.5 Å². The molecule has 5 heteroatoms. The van der Waals surface area contributed by atoms with E-state index in [1.54, 1.807) is 10.6 Å². The molecule has 0 radical (unpaired) electrons. The molecule has 1 atom stereocenters. The predicted octanol–water partition coefficient (Wildman–Crippen LogP) is 3.64. The van der Waals surface area contributed by atoms with Crippen molar-refractivity contribution in [3.05, 3.63) is 99.5 Å². The van der Waals surface area contributed by atoms with Crippen LogP contribution in [0.4, 0.5) is 0 Å². The van der Waals surface area contributed by atoms with E-state index in [1.807, 2.05) is 55.5 Å². The number of benzene rings is 2. The molecule has 1 aliphatic rings. The molecule has 2 aromatic carbocycles. The van der Waals surface area contributed by atoms with Crippen LogP contribution in [0.25, 0.3) is 0 Å². The minimum absolute atomic E-state index is 0.0820. The molecule has 0 aliphatic carbocycles. The Balaban J connectivity index is 1.79. The summed E-state index contributed by atoms with van der Waals surface area (Å²) in [7, 11) is 0. The minimum Gasteiger partial charge on any atom is -0.507 e. The Bertz CT molecular complexity index is 1060. The number of hydrogen-bond acceptors (Lipinski definition) is 4. The molecule has 5 nitrogen and oxygen atoms in total. The van der Waals surface area contributed by atoms with Crippen LogP contribution < -0.4 is 5.56 Å². The smallest absolute Gasteiger partial charge is 0.259 e. The number of likely N-dealkylation sites (N-methyl/N-ethyl adjacent to an activating group) is 1. The zero-order chi connectivity index (χ0) is 21.8. The van der Waals surface area contributed by atoms with E-state index in [2.05, 4.69) is 28.9 Å². The van der Waals surface area contributed by atoms with Crippen molar-refractivity contribution in [2.24, 2.45) is 0 Å². The van der Waals surface area contributed by atoms with Crippen molar-refractivity contribution >= 4 is 0 Å². The lowest BCUT2D eigenvalue weighted by Gasteiger charge is -2.39. The third-order valence-corrected chi connectivity index (χ3v) is 6.31. The number of nitrogens with zero attached hydrogens (tertiary/aromatic N) is 3. The van der Waals surface area contributed by atoms with E-state index < -0.39 is 0 Å². The predicted molar refractivity (Wildman–Crippen MR) is 125 cm³/mol. The van der Waals surface area contributed by atoms with Crippen molar-refractivity contribution in [3.8, 4) is 5.75 Å². The molecule has 0 amide bonds. The summed E-state index contributed by atoms with van der Waals surface area (Å²) >= 11 is 0. The van der Waals surface area contributed by atoms with Gasteiger partial charge >= 0.3 is 0 Å². The molecule has 1 aliphatic heterocycles. The van der Waals surface area contributed by atoms with Crippen LogP contribution in [0, 0.1) is 6.92 Å². The molecule has 2 heterocycles. The highest BCUT2D eigenvalue weighted by molar-refractivity contribution is 5.41. The van der Waals surface area contributed by atoms with Crippen LogP contribution in [0.5, 0.6) is 5.75 Å². The highest BCUT2D eigenvalue weighted by Gasteiger charge is 2.31. The molecule has 1 fully saturated rings. The fraction of sp³-hybridized carbons (Fsp3) is 0.346. The van der Waals surface area contributed by atoms with E-state index in [1.165, 1.54) is 0 Å². The molecule has 162 valence electrons. The maximum Gasteiger partial charge on any atom is 0.259 e. The number of aromatic hydroxyl groups is 1. The molecular formula is C26H31N3O2. The molecule has 1 saturated heterocycles. The lowest BCUT2D eigenvalue weighted by molar-refractivity contribution is 0.111. The van der Waals surface area contributed by atoms with Crippen LogP contribution in [-0.4, -0.2) is 52.2 Å². The summed E-state index contributed by atoms with van der Waals surface area (Å²) in [5, 5.41) is 11.0. The van der Waals surface area contributed by atoms with Gasteiger partial charge in [0.1, 0.15) is 5.75 Å². The zero-order valence-corrected chi connectivity index (χ0v) is 18.4. The Morgan fingerprint density at radius 3 is 2.16 bits per heavy atom. The molecule has 0 saturated carbocycles. The van der Waals surface area contributed by atoms with E-state index in [9.17, 15) is 9.90 Å². The van der Waals surface area contributed by atoms with Gasteiger partial charge in [0.05, 0.1) is 18.2 Å². The average molecular weight is 418 g/mol. The fourth-order valence-corrected chi connectivity index (χ4v) is 4.52. The minimum atomic E-state index is -0.268. The number of pyridine rings is 1. The van der Waals surface area contributed by atoms with Crippen LogP contribution in [0.1, 0.15) is 35.3 Å². The molecule has 31 heavy (non-hydrogen) atoms. The first kappa shape index (κ1) is 21.3. The number of aromatic nitrogens is 1. The Hall–Kier alpha value is -2.89. The first-order valence-electron chi connectivity index (χ1n) is 11.1.